The Morgan fingerprint density at radius 3 is 2.85 bits per heavy atom. The molecule has 5 nitrogen and oxygen atoms in total. The molecule has 2 N–H and O–H groups in total. The number of amides is 1. The summed E-state index contributed by atoms with van der Waals surface area (Å²) in [4.78, 5) is 25.3. The number of nitrogens with zero attached hydrogens (tertiary/aromatic N) is 1. The number of esters is 1. The molecule has 2 atom stereocenters. The number of benzene rings is 1. The number of likely N-dealkylation sites (tertiary alicyclic amines) is 1. The Bertz CT molecular complexity index is 521. The number of rotatable bonds is 4. The summed E-state index contributed by atoms with van der Waals surface area (Å²) in [5.41, 5.74) is 6.37. The Morgan fingerprint density at radius 1 is 1.50 bits per heavy atom. The van der Waals surface area contributed by atoms with Crippen molar-refractivity contribution < 1.29 is 14.3 Å². The van der Waals surface area contributed by atoms with E-state index < -0.39 is 11.9 Å². The number of methoxy groups -OCH3 is 1. The van der Waals surface area contributed by atoms with Crippen molar-refractivity contribution in [1.29, 1.82) is 0 Å². The summed E-state index contributed by atoms with van der Waals surface area (Å²) in [6, 6.07) is 6.99. The molecule has 1 aromatic rings. The molecule has 20 heavy (non-hydrogen) atoms. The molecule has 0 unspecified atom stereocenters. The second-order valence-corrected chi connectivity index (χ2v) is 5.78. The van der Waals surface area contributed by atoms with Gasteiger partial charge in [-0.05, 0) is 24.1 Å². The summed E-state index contributed by atoms with van der Waals surface area (Å²) in [5.74, 6) is -0.826. The summed E-state index contributed by atoms with van der Waals surface area (Å²) in [5, 5.41) is 0. The third-order valence-electron chi connectivity index (χ3n) is 3.55. The number of hydrogen-bond donors (Lipinski definition) is 1. The van der Waals surface area contributed by atoms with Crippen LogP contribution in [0.15, 0.2) is 28.7 Å². The van der Waals surface area contributed by atoms with Gasteiger partial charge in [0.2, 0.25) is 5.91 Å². The first-order valence-electron chi connectivity index (χ1n) is 6.39. The molecule has 2 rings (SSSR count). The molecule has 1 aliphatic heterocycles. The zero-order valence-electron chi connectivity index (χ0n) is 11.2. The standard InChI is InChI=1S/C14H17BrN2O3/c1-20-14(19)10-5-6-17(8-10)12(13(16)18)9-3-2-4-11(15)7-9/h2-4,7,10,12H,5-6,8H2,1H3,(H2,16,18)/t10-,12+/m0/s1. The minimum Gasteiger partial charge on any atom is -0.469 e. The number of primary amides is 1. The number of ether oxygens (including phenoxy) is 1. The lowest BCUT2D eigenvalue weighted by atomic mass is 10.0. The lowest BCUT2D eigenvalue weighted by molar-refractivity contribution is -0.145. The van der Waals surface area contributed by atoms with Gasteiger partial charge in [0, 0.05) is 17.6 Å². The highest BCUT2D eigenvalue weighted by Gasteiger charge is 2.35. The van der Waals surface area contributed by atoms with Crippen molar-refractivity contribution >= 4 is 27.8 Å². The van der Waals surface area contributed by atoms with Gasteiger partial charge in [0.25, 0.3) is 0 Å². The first-order chi connectivity index (χ1) is 9.52. The third-order valence-corrected chi connectivity index (χ3v) is 4.05. The summed E-state index contributed by atoms with van der Waals surface area (Å²) < 4.78 is 5.65. The Kier molecular flexibility index (Phi) is 4.77. The molecule has 0 spiro atoms. The smallest absolute Gasteiger partial charge is 0.310 e. The molecule has 1 heterocycles. The van der Waals surface area contributed by atoms with Gasteiger partial charge >= 0.3 is 5.97 Å². The van der Waals surface area contributed by atoms with Crippen LogP contribution in [0.5, 0.6) is 0 Å². The van der Waals surface area contributed by atoms with Crippen molar-refractivity contribution in [2.24, 2.45) is 11.7 Å². The van der Waals surface area contributed by atoms with Gasteiger partial charge < -0.3 is 10.5 Å². The van der Waals surface area contributed by atoms with Gasteiger partial charge in [-0.15, -0.1) is 0 Å². The lowest BCUT2D eigenvalue weighted by Gasteiger charge is -2.25. The van der Waals surface area contributed by atoms with Crippen LogP contribution in [-0.2, 0) is 14.3 Å². The van der Waals surface area contributed by atoms with Crippen molar-refractivity contribution in [1.82, 2.24) is 4.90 Å². The normalized spacial score (nSPS) is 20.6. The summed E-state index contributed by atoms with van der Waals surface area (Å²) in [7, 11) is 1.38. The van der Waals surface area contributed by atoms with Gasteiger partial charge in [0.05, 0.1) is 13.0 Å². The fraction of sp³-hybridized carbons (Fsp3) is 0.429. The van der Waals surface area contributed by atoms with E-state index in [1.54, 1.807) is 0 Å². The number of nitrogens with two attached hydrogens (primary N) is 1. The molecule has 0 aromatic heterocycles. The average Bonchev–Trinajstić information content (AvgIpc) is 2.87. The van der Waals surface area contributed by atoms with Gasteiger partial charge in [-0.3, -0.25) is 14.5 Å². The van der Waals surface area contributed by atoms with Crippen LogP contribution in [0.2, 0.25) is 0 Å². The number of carbonyl (C=O) groups excluding carboxylic acids is 2. The fourth-order valence-electron chi connectivity index (χ4n) is 2.61. The molecule has 1 aromatic carbocycles. The predicted octanol–water partition coefficient (Wildman–Crippen LogP) is 1.47. The largest absolute Gasteiger partial charge is 0.469 e. The van der Waals surface area contributed by atoms with Crippen LogP contribution in [-0.4, -0.2) is 37.0 Å². The maximum absolute atomic E-state index is 11.8. The molecule has 1 aliphatic rings. The van der Waals surface area contributed by atoms with E-state index in [9.17, 15) is 9.59 Å². The van der Waals surface area contributed by atoms with E-state index >= 15 is 0 Å². The van der Waals surface area contributed by atoms with Crippen molar-refractivity contribution in [3.63, 3.8) is 0 Å². The van der Waals surface area contributed by atoms with Gasteiger partial charge in [0.1, 0.15) is 6.04 Å². The third kappa shape index (κ3) is 3.19. The second-order valence-electron chi connectivity index (χ2n) is 4.86. The zero-order chi connectivity index (χ0) is 14.7. The van der Waals surface area contributed by atoms with Crippen LogP contribution < -0.4 is 5.73 Å². The van der Waals surface area contributed by atoms with Crippen LogP contribution in [0.25, 0.3) is 0 Å². The first kappa shape index (κ1) is 15.0. The second kappa shape index (κ2) is 6.37. The van der Waals surface area contributed by atoms with Crippen molar-refractivity contribution in [2.45, 2.75) is 12.5 Å². The summed E-state index contributed by atoms with van der Waals surface area (Å²) in [6.45, 7) is 1.15. The Hall–Kier alpha value is -1.40. The van der Waals surface area contributed by atoms with E-state index in [1.807, 2.05) is 29.2 Å². The predicted molar refractivity (Wildman–Crippen MR) is 77.8 cm³/mol. The molecular formula is C14H17BrN2O3. The van der Waals surface area contributed by atoms with Crippen molar-refractivity contribution in [3.8, 4) is 0 Å². The summed E-state index contributed by atoms with van der Waals surface area (Å²) >= 11 is 3.39. The topological polar surface area (TPSA) is 72.6 Å². The van der Waals surface area contributed by atoms with Crippen LogP contribution >= 0.6 is 15.9 Å². The Morgan fingerprint density at radius 2 is 2.25 bits per heavy atom. The quantitative estimate of drug-likeness (QED) is 0.842. The van der Waals surface area contributed by atoms with E-state index in [-0.39, 0.29) is 11.9 Å². The molecule has 108 valence electrons. The number of halogens is 1. The van der Waals surface area contributed by atoms with Gasteiger partial charge in [-0.25, -0.2) is 0 Å². The number of carbonyl (C=O) groups is 2. The SMILES string of the molecule is COC(=O)[C@H]1CCN([C@@H](C(N)=O)c2cccc(Br)c2)C1. The van der Waals surface area contributed by atoms with E-state index in [4.69, 9.17) is 10.5 Å². The Balaban J connectivity index is 2.19. The van der Waals surface area contributed by atoms with E-state index in [2.05, 4.69) is 15.9 Å². The highest BCUT2D eigenvalue weighted by molar-refractivity contribution is 9.10. The van der Waals surface area contributed by atoms with E-state index in [0.717, 1.165) is 10.0 Å². The average molecular weight is 341 g/mol. The highest BCUT2D eigenvalue weighted by Crippen LogP contribution is 2.29. The number of hydrogen-bond acceptors (Lipinski definition) is 4. The monoisotopic (exact) mass is 340 g/mol. The lowest BCUT2D eigenvalue weighted by Crippen LogP contribution is -2.37. The molecule has 0 bridgehead atoms. The molecule has 1 fully saturated rings. The van der Waals surface area contributed by atoms with Crippen molar-refractivity contribution in [2.75, 3.05) is 20.2 Å². The Labute approximate surface area is 126 Å². The van der Waals surface area contributed by atoms with Crippen LogP contribution in [0.3, 0.4) is 0 Å². The zero-order valence-corrected chi connectivity index (χ0v) is 12.8. The summed E-state index contributed by atoms with van der Waals surface area (Å²) in [6.07, 6.45) is 0.685. The van der Waals surface area contributed by atoms with Crippen LogP contribution in [0, 0.1) is 5.92 Å². The van der Waals surface area contributed by atoms with Crippen LogP contribution in [0.4, 0.5) is 0 Å². The molecule has 0 saturated carbocycles. The molecule has 1 saturated heterocycles. The van der Waals surface area contributed by atoms with Gasteiger partial charge in [-0.1, -0.05) is 28.1 Å². The molecular weight excluding hydrogens is 324 g/mol. The minimum absolute atomic E-state index is 0.186. The first-order valence-corrected chi connectivity index (χ1v) is 7.19. The molecule has 0 aliphatic carbocycles. The molecule has 0 radical (unpaired) electrons. The molecule has 6 heteroatoms. The minimum atomic E-state index is -0.512. The van der Waals surface area contributed by atoms with Crippen molar-refractivity contribution in [3.05, 3.63) is 34.3 Å². The fourth-order valence-corrected chi connectivity index (χ4v) is 3.03. The molecule has 1 amide bonds. The highest BCUT2D eigenvalue weighted by atomic mass is 79.9. The van der Waals surface area contributed by atoms with Crippen LogP contribution in [0.1, 0.15) is 18.0 Å². The maximum atomic E-state index is 11.8. The van der Waals surface area contributed by atoms with Gasteiger partial charge in [-0.2, -0.15) is 0 Å². The van der Waals surface area contributed by atoms with Gasteiger partial charge in [0.15, 0.2) is 0 Å². The van der Waals surface area contributed by atoms with E-state index in [0.29, 0.717) is 19.5 Å². The maximum Gasteiger partial charge on any atom is 0.310 e. The van der Waals surface area contributed by atoms with E-state index in [1.165, 1.54) is 7.11 Å².